The molecular weight excluding hydrogens is 366 g/mol. The van der Waals surface area contributed by atoms with Crippen molar-refractivity contribution in [2.75, 3.05) is 32.7 Å². The lowest BCUT2D eigenvalue weighted by Gasteiger charge is -2.19. The molecule has 0 atom stereocenters. The van der Waals surface area contributed by atoms with Gasteiger partial charge in [-0.3, -0.25) is 4.79 Å². The fraction of sp³-hybridized carbons (Fsp3) is 0.217. The van der Waals surface area contributed by atoms with Gasteiger partial charge in [-0.1, -0.05) is 24.3 Å². The van der Waals surface area contributed by atoms with Gasteiger partial charge in [-0.25, -0.2) is 4.98 Å². The second kappa shape index (κ2) is 9.59. The van der Waals surface area contributed by atoms with Crippen LogP contribution in [0.2, 0.25) is 0 Å². The average molecular weight is 391 g/mol. The van der Waals surface area contributed by atoms with Crippen molar-refractivity contribution in [2.45, 2.75) is 6.42 Å². The summed E-state index contributed by atoms with van der Waals surface area (Å²) in [6, 6.07) is 19.4. The monoisotopic (exact) mass is 391 g/mol. The van der Waals surface area contributed by atoms with E-state index < -0.39 is 0 Å². The summed E-state index contributed by atoms with van der Waals surface area (Å²) in [6.07, 6.45) is 2.39. The van der Waals surface area contributed by atoms with E-state index in [1.807, 2.05) is 66.5 Å². The number of nitrogens with zero attached hydrogens (tertiary/aromatic N) is 2. The predicted molar refractivity (Wildman–Crippen MR) is 114 cm³/mol. The zero-order chi connectivity index (χ0) is 20.6. The van der Waals surface area contributed by atoms with Gasteiger partial charge in [-0.2, -0.15) is 0 Å². The molecule has 3 aromatic rings. The fourth-order valence-electron chi connectivity index (χ4n) is 2.97. The van der Waals surface area contributed by atoms with Crippen LogP contribution < -0.4 is 19.7 Å². The minimum absolute atomic E-state index is 0.195. The highest BCUT2D eigenvalue weighted by molar-refractivity contribution is 5.92. The molecule has 150 valence electrons. The molecule has 0 radical (unpaired) electrons. The van der Waals surface area contributed by atoms with E-state index in [0.29, 0.717) is 30.2 Å². The van der Waals surface area contributed by atoms with E-state index in [2.05, 4.69) is 10.3 Å². The lowest BCUT2D eigenvalue weighted by molar-refractivity contribution is 0.0949. The Labute approximate surface area is 171 Å². The summed E-state index contributed by atoms with van der Waals surface area (Å²) >= 11 is 0. The fourth-order valence-corrected chi connectivity index (χ4v) is 2.97. The summed E-state index contributed by atoms with van der Waals surface area (Å²) in [4.78, 5) is 18.7. The first-order valence-corrected chi connectivity index (χ1v) is 9.36. The van der Waals surface area contributed by atoms with E-state index in [-0.39, 0.29) is 5.91 Å². The van der Waals surface area contributed by atoms with Crippen LogP contribution in [0.3, 0.4) is 0 Å². The maximum Gasteiger partial charge on any atom is 0.269 e. The summed E-state index contributed by atoms with van der Waals surface area (Å²) in [6.45, 7) is 0.502. The number of rotatable bonds is 8. The molecule has 29 heavy (non-hydrogen) atoms. The Bertz CT molecular complexity index is 943. The second-order valence-corrected chi connectivity index (χ2v) is 6.49. The molecule has 0 aliphatic heterocycles. The van der Waals surface area contributed by atoms with Crippen molar-refractivity contribution < 1.29 is 14.3 Å². The number of amides is 1. The molecule has 1 aromatic heterocycles. The van der Waals surface area contributed by atoms with E-state index in [4.69, 9.17) is 9.47 Å². The second-order valence-electron chi connectivity index (χ2n) is 6.49. The van der Waals surface area contributed by atoms with Crippen molar-refractivity contribution in [2.24, 2.45) is 0 Å². The molecule has 0 unspecified atom stereocenters. The smallest absolute Gasteiger partial charge is 0.269 e. The summed E-state index contributed by atoms with van der Waals surface area (Å²) in [7, 11) is 5.18. The number of carbonyl (C=O) groups excluding carboxylic acids is 1. The highest BCUT2D eigenvalue weighted by atomic mass is 16.5. The average Bonchev–Trinajstić information content (AvgIpc) is 2.79. The molecule has 1 heterocycles. The van der Waals surface area contributed by atoms with Gasteiger partial charge in [0.15, 0.2) is 11.5 Å². The first kappa shape index (κ1) is 20.2. The third-order valence-electron chi connectivity index (χ3n) is 4.66. The number of carbonyl (C=O) groups is 1. The van der Waals surface area contributed by atoms with Crippen LogP contribution in [0.25, 0.3) is 0 Å². The normalized spacial score (nSPS) is 10.3. The molecule has 2 aromatic carbocycles. The number of para-hydroxylation sites is 1. The Balaban J connectivity index is 1.56. The molecule has 3 rings (SSSR count). The molecule has 0 bridgehead atoms. The van der Waals surface area contributed by atoms with Crippen LogP contribution in [0.15, 0.2) is 66.9 Å². The number of pyridine rings is 1. The van der Waals surface area contributed by atoms with Crippen molar-refractivity contribution in [1.29, 1.82) is 0 Å². The Morgan fingerprint density at radius 3 is 2.38 bits per heavy atom. The minimum atomic E-state index is -0.195. The van der Waals surface area contributed by atoms with Gasteiger partial charge in [0.1, 0.15) is 5.69 Å². The van der Waals surface area contributed by atoms with Crippen molar-refractivity contribution in [3.05, 3.63) is 78.1 Å². The van der Waals surface area contributed by atoms with Gasteiger partial charge in [-0.05, 0) is 48.4 Å². The third kappa shape index (κ3) is 5.04. The highest BCUT2D eigenvalue weighted by Crippen LogP contribution is 2.27. The van der Waals surface area contributed by atoms with Crippen LogP contribution >= 0.6 is 0 Å². The van der Waals surface area contributed by atoms with Gasteiger partial charge >= 0.3 is 0 Å². The van der Waals surface area contributed by atoms with Gasteiger partial charge in [0.2, 0.25) is 0 Å². The summed E-state index contributed by atoms with van der Waals surface area (Å²) in [5, 5.41) is 2.91. The number of ether oxygens (including phenoxy) is 2. The van der Waals surface area contributed by atoms with E-state index in [1.54, 1.807) is 26.5 Å². The molecule has 0 saturated carbocycles. The lowest BCUT2D eigenvalue weighted by atomic mass is 10.1. The van der Waals surface area contributed by atoms with Crippen LogP contribution in [0, 0.1) is 0 Å². The van der Waals surface area contributed by atoms with Crippen molar-refractivity contribution >= 4 is 17.3 Å². The van der Waals surface area contributed by atoms with Crippen LogP contribution in [-0.2, 0) is 6.42 Å². The van der Waals surface area contributed by atoms with Gasteiger partial charge in [0, 0.05) is 19.3 Å². The zero-order valence-corrected chi connectivity index (χ0v) is 16.9. The van der Waals surface area contributed by atoms with E-state index in [1.165, 1.54) is 0 Å². The van der Waals surface area contributed by atoms with E-state index >= 15 is 0 Å². The van der Waals surface area contributed by atoms with E-state index in [9.17, 15) is 4.79 Å². The maximum atomic E-state index is 12.4. The maximum absolute atomic E-state index is 12.4. The Hall–Kier alpha value is -3.54. The summed E-state index contributed by atoms with van der Waals surface area (Å²) in [5.74, 6) is 1.17. The number of benzene rings is 2. The van der Waals surface area contributed by atoms with Crippen LogP contribution in [0.5, 0.6) is 11.5 Å². The number of methoxy groups -OCH3 is 2. The zero-order valence-electron chi connectivity index (χ0n) is 16.9. The van der Waals surface area contributed by atoms with Crippen LogP contribution in [-0.4, -0.2) is 38.7 Å². The molecule has 1 N–H and O–H groups in total. The van der Waals surface area contributed by atoms with Gasteiger partial charge in [0.05, 0.1) is 26.1 Å². The predicted octanol–water partition coefficient (Wildman–Crippen LogP) is 3.84. The molecular formula is C23H25N3O3. The molecule has 0 fully saturated rings. The molecule has 0 aliphatic carbocycles. The van der Waals surface area contributed by atoms with Gasteiger partial charge in [0.25, 0.3) is 5.91 Å². The minimum Gasteiger partial charge on any atom is -0.493 e. The summed E-state index contributed by atoms with van der Waals surface area (Å²) in [5.41, 5.74) is 3.41. The van der Waals surface area contributed by atoms with Crippen LogP contribution in [0.1, 0.15) is 16.1 Å². The van der Waals surface area contributed by atoms with Gasteiger partial charge < -0.3 is 19.7 Å². The Kier molecular flexibility index (Phi) is 6.68. The first-order valence-electron chi connectivity index (χ1n) is 9.36. The molecule has 1 amide bonds. The first-order chi connectivity index (χ1) is 14.1. The standard InChI is InChI=1S/C23H25N3O3/c1-26(18-7-5-4-6-8-18)19-10-11-20(25-16-19)23(27)24-14-13-17-9-12-21(28-2)22(15-17)29-3/h4-12,15-16H,13-14H2,1-3H3,(H,24,27). The number of nitrogens with one attached hydrogen (secondary N) is 1. The number of anilines is 2. The van der Waals surface area contributed by atoms with E-state index in [0.717, 1.165) is 16.9 Å². The Morgan fingerprint density at radius 2 is 1.72 bits per heavy atom. The highest BCUT2D eigenvalue weighted by Gasteiger charge is 2.10. The molecule has 6 heteroatoms. The van der Waals surface area contributed by atoms with Crippen molar-refractivity contribution in [1.82, 2.24) is 10.3 Å². The lowest BCUT2D eigenvalue weighted by Crippen LogP contribution is -2.26. The molecule has 6 nitrogen and oxygen atoms in total. The number of aromatic nitrogens is 1. The third-order valence-corrected chi connectivity index (χ3v) is 4.66. The van der Waals surface area contributed by atoms with Crippen molar-refractivity contribution in [3.8, 4) is 11.5 Å². The quantitative estimate of drug-likeness (QED) is 0.632. The molecule has 0 aliphatic rings. The largest absolute Gasteiger partial charge is 0.493 e. The number of hydrogen-bond donors (Lipinski definition) is 1. The molecule has 0 saturated heterocycles. The van der Waals surface area contributed by atoms with Crippen molar-refractivity contribution in [3.63, 3.8) is 0 Å². The Morgan fingerprint density at radius 1 is 0.966 bits per heavy atom. The topological polar surface area (TPSA) is 63.7 Å². The van der Waals surface area contributed by atoms with Gasteiger partial charge in [-0.15, -0.1) is 0 Å². The SMILES string of the molecule is COc1ccc(CCNC(=O)c2ccc(N(C)c3ccccc3)cn2)cc1OC. The number of hydrogen-bond acceptors (Lipinski definition) is 5. The van der Waals surface area contributed by atoms with Crippen LogP contribution in [0.4, 0.5) is 11.4 Å². The molecule has 0 spiro atoms. The summed E-state index contributed by atoms with van der Waals surface area (Å²) < 4.78 is 10.5.